The molecular formula is C44H57N3O7. The molecule has 8 atom stereocenters. The summed E-state index contributed by atoms with van der Waals surface area (Å²) >= 11 is 0. The topological polar surface area (TPSA) is 130 Å². The Labute approximate surface area is 319 Å². The van der Waals surface area contributed by atoms with Crippen LogP contribution in [0.2, 0.25) is 0 Å². The minimum atomic E-state index is -0.901. The second kappa shape index (κ2) is 14.9. The van der Waals surface area contributed by atoms with Crippen LogP contribution in [0.5, 0.6) is 11.5 Å². The smallest absolute Gasteiger partial charge is 0.255 e. The second-order valence-corrected chi connectivity index (χ2v) is 17.3. The molecule has 2 bridgehead atoms. The van der Waals surface area contributed by atoms with E-state index in [1.807, 2.05) is 68.4 Å². The fourth-order valence-electron chi connectivity index (χ4n) is 9.93. The number of carbonyl (C=O) groups excluding carboxylic acids is 2. The summed E-state index contributed by atoms with van der Waals surface area (Å²) in [7, 11) is 1.61. The minimum absolute atomic E-state index is 0.0373. The van der Waals surface area contributed by atoms with Crippen molar-refractivity contribution in [1.29, 1.82) is 0 Å². The van der Waals surface area contributed by atoms with Gasteiger partial charge in [0.25, 0.3) is 5.91 Å². The van der Waals surface area contributed by atoms with Crippen LogP contribution in [0.25, 0.3) is 11.1 Å². The SMILES string of the molecule is COc1c(CN2O[C@@H](CO)[C@H]([C@H](C)O)[C@H]2C(=O)N[C@H]2CC3C[C@H]([C@@H]2C)C3(C)C)cccc1-c1cc2c(c(C(=O)NCCc3ccccc3)c1)OC(C)(C)C2. The molecule has 2 heterocycles. The molecule has 54 heavy (non-hydrogen) atoms. The van der Waals surface area contributed by atoms with E-state index in [9.17, 15) is 19.8 Å². The van der Waals surface area contributed by atoms with Gasteiger partial charge in [-0.25, -0.2) is 0 Å². The van der Waals surface area contributed by atoms with E-state index in [0.29, 0.717) is 54.2 Å². The number of fused-ring (bicyclic) bond motifs is 3. The van der Waals surface area contributed by atoms with Crippen molar-refractivity contribution >= 4 is 11.8 Å². The average molecular weight is 740 g/mol. The van der Waals surface area contributed by atoms with Crippen molar-refractivity contribution in [2.24, 2.45) is 29.1 Å². The zero-order valence-electron chi connectivity index (χ0n) is 32.7. The van der Waals surface area contributed by atoms with Crippen LogP contribution in [-0.4, -0.2) is 77.2 Å². The number of nitrogens with zero attached hydrogens (tertiary/aromatic N) is 1. The highest BCUT2D eigenvalue weighted by molar-refractivity contribution is 5.99. The first kappa shape index (κ1) is 38.3. The molecule has 3 saturated carbocycles. The van der Waals surface area contributed by atoms with E-state index < -0.39 is 29.8 Å². The molecular weight excluding hydrogens is 682 g/mol. The maximum absolute atomic E-state index is 14.3. The Bertz CT molecular complexity index is 1860. The third-order valence-electron chi connectivity index (χ3n) is 12.9. The number of methoxy groups -OCH3 is 1. The lowest BCUT2D eigenvalue weighted by molar-refractivity contribution is -0.183. The van der Waals surface area contributed by atoms with E-state index in [2.05, 4.69) is 37.5 Å². The van der Waals surface area contributed by atoms with Crippen LogP contribution >= 0.6 is 0 Å². The van der Waals surface area contributed by atoms with Crippen LogP contribution in [0.3, 0.4) is 0 Å². The third-order valence-corrected chi connectivity index (χ3v) is 12.9. The molecule has 3 aromatic carbocycles. The number of rotatable bonds is 12. The summed E-state index contributed by atoms with van der Waals surface area (Å²) in [6.45, 7) is 12.9. The molecule has 5 aliphatic rings. The minimum Gasteiger partial charge on any atom is -0.496 e. The number of ether oxygens (including phenoxy) is 2. The zero-order valence-corrected chi connectivity index (χ0v) is 32.7. The lowest BCUT2D eigenvalue weighted by atomic mass is 9.45. The van der Waals surface area contributed by atoms with E-state index in [1.165, 1.54) is 6.42 Å². The van der Waals surface area contributed by atoms with E-state index in [0.717, 1.165) is 34.2 Å². The van der Waals surface area contributed by atoms with E-state index in [4.69, 9.17) is 14.3 Å². The first-order chi connectivity index (χ1) is 25.7. The summed E-state index contributed by atoms with van der Waals surface area (Å²) in [6, 6.07) is 19.0. The van der Waals surface area contributed by atoms with Gasteiger partial charge in [-0.15, -0.1) is 0 Å². The quantitative estimate of drug-likeness (QED) is 0.186. The molecule has 2 amide bonds. The number of benzene rings is 3. The van der Waals surface area contributed by atoms with Crippen molar-refractivity contribution in [2.45, 2.75) is 104 Å². The molecule has 10 heteroatoms. The van der Waals surface area contributed by atoms with E-state index in [-0.39, 0.29) is 36.4 Å². The summed E-state index contributed by atoms with van der Waals surface area (Å²) in [4.78, 5) is 34.3. The van der Waals surface area contributed by atoms with Crippen molar-refractivity contribution in [1.82, 2.24) is 15.7 Å². The Hall–Kier alpha value is -3.96. The Kier molecular flexibility index (Phi) is 10.6. The third kappa shape index (κ3) is 7.14. The van der Waals surface area contributed by atoms with Gasteiger partial charge in [0.2, 0.25) is 5.91 Å². The van der Waals surface area contributed by atoms with Crippen LogP contribution in [-0.2, 0) is 29.0 Å². The van der Waals surface area contributed by atoms with Crippen molar-refractivity contribution in [3.63, 3.8) is 0 Å². The molecule has 8 rings (SSSR count). The van der Waals surface area contributed by atoms with Gasteiger partial charge in [0.1, 0.15) is 29.2 Å². The molecule has 0 spiro atoms. The molecule has 1 unspecified atom stereocenters. The first-order valence-electron chi connectivity index (χ1n) is 19.6. The van der Waals surface area contributed by atoms with Crippen molar-refractivity contribution < 1.29 is 34.1 Å². The van der Waals surface area contributed by atoms with Gasteiger partial charge in [0.15, 0.2) is 0 Å². The van der Waals surface area contributed by atoms with Crippen molar-refractivity contribution in [3.05, 3.63) is 82.9 Å². The molecule has 290 valence electrons. The molecule has 4 N–H and O–H groups in total. The van der Waals surface area contributed by atoms with Gasteiger partial charge in [-0.05, 0) is 92.0 Å². The Morgan fingerprint density at radius 3 is 2.48 bits per heavy atom. The fourth-order valence-corrected chi connectivity index (χ4v) is 9.93. The highest BCUT2D eigenvalue weighted by Gasteiger charge is 2.57. The number of hydrogen-bond donors (Lipinski definition) is 4. The number of aliphatic hydroxyl groups is 2. The summed E-state index contributed by atoms with van der Waals surface area (Å²) in [6.07, 6.45) is 1.83. The summed E-state index contributed by atoms with van der Waals surface area (Å²) < 4.78 is 12.4. The fraction of sp³-hybridized carbons (Fsp3) is 0.545. The molecule has 3 aliphatic carbocycles. The lowest BCUT2D eigenvalue weighted by Gasteiger charge is -2.62. The number of para-hydroxylation sites is 1. The van der Waals surface area contributed by atoms with Gasteiger partial charge in [-0.1, -0.05) is 69.3 Å². The first-order valence-corrected chi connectivity index (χ1v) is 19.6. The molecule has 4 fully saturated rings. The Balaban J connectivity index is 1.17. The van der Waals surface area contributed by atoms with Crippen LogP contribution in [0.15, 0.2) is 60.7 Å². The number of aliphatic hydroxyl groups excluding tert-OH is 2. The standard InChI is InChI=1S/C44H57N3O7/c1-25-34-20-31(44(34,5)6)21-35(25)46-42(51)38-37(26(2)49)36(24-48)54-47(38)23-28-14-11-15-32(39(28)52-7)29-18-30-22-43(3,4)53-40(30)33(19-29)41(50)45-17-16-27-12-9-8-10-13-27/h8-15,18-19,25-26,31,34-38,48-49H,16-17,20-24H2,1-7H3,(H,45,50)(H,46,51)/t25-,26-,31?,34+,35-,36-,37-,38-/m0/s1. The highest BCUT2D eigenvalue weighted by Crippen LogP contribution is 2.61. The van der Waals surface area contributed by atoms with Gasteiger partial charge in [0.05, 0.1) is 31.9 Å². The normalized spacial score (nSPS) is 28.4. The highest BCUT2D eigenvalue weighted by atomic mass is 16.7. The van der Waals surface area contributed by atoms with Gasteiger partial charge in [-0.3, -0.25) is 14.4 Å². The van der Waals surface area contributed by atoms with Gasteiger partial charge in [0, 0.05) is 36.1 Å². The molecule has 2 aliphatic heterocycles. The maximum atomic E-state index is 14.3. The molecule has 0 aromatic heterocycles. The average Bonchev–Trinajstić information content (AvgIpc) is 3.67. The monoisotopic (exact) mass is 739 g/mol. The maximum Gasteiger partial charge on any atom is 0.255 e. The second-order valence-electron chi connectivity index (χ2n) is 17.3. The zero-order chi connectivity index (χ0) is 38.5. The van der Waals surface area contributed by atoms with Crippen LogP contribution < -0.4 is 20.1 Å². The van der Waals surface area contributed by atoms with Crippen LogP contribution in [0, 0.1) is 29.1 Å². The number of amides is 2. The molecule has 1 saturated heterocycles. The van der Waals surface area contributed by atoms with Crippen molar-refractivity contribution in [3.8, 4) is 22.6 Å². The number of hydroxylamine groups is 2. The van der Waals surface area contributed by atoms with Crippen LogP contribution in [0.1, 0.15) is 81.4 Å². The number of carbonyl (C=O) groups is 2. The largest absolute Gasteiger partial charge is 0.496 e. The molecule has 0 radical (unpaired) electrons. The Morgan fingerprint density at radius 1 is 1.06 bits per heavy atom. The summed E-state index contributed by atoms with van der Waals surface area (Å²) in [5, 5.41) is 29.4. The molecule has 3 aromatic rings. The summed E-state index contributed by atoms with van der Waals surface area (Å²) in [5.74, 6) is 1.59. The van der Waals surface area contributed by atoms with Gasteiger partial charge < -0.3 is 30.3 Å². The van der Waals surface area contributed by atoms with E-state index in [1.54, 1.807) is 19.1 Å². The predicted molar refractivity (Wildman–Crippen MR) is 207 cm³/mol. The van der Waals surface area contributed by atoms with Crippen LogP contribution in [0.4, 0.5) is 0 Å². The Morgan fingerprint density at radius 2 is 1.81 bits per heavy atom. The number of hydrogen-bond acceptors (Lipinski definition) is 8. The van der Waals surface area contributed by atoms with Crippen molar-refractivity contribution in [2.75, 3.05) is 20.3 Å². The van der Waals surface area contributed by atoms with Gasteiger partial charge >= 0.3 is 0 Å². The molecule has 10 nitrogen and oxygen atoms in total. The predicted octanol–water partition coefficient (Wildman–Crippen LogP) is 5.71. The lowest BCUT2D eigenvalue weighted by Crippen LogP contribution is -2.62. The summed E-state index contributed by atoms with van der Waals surface area (Å²) in [5.41, 5.74) is 4.72. The van der Waals surface area contributed by atoms with E-state index >= 15 is 0 Å². The number of nitrogens with one attached hydrogen (secondary N) is 2. The van der Waals surface area contributed by atoms with Gasteiger partial charge in [-0.2, -0.15) is 5.06 Å².